The molecule has 196 valence electrons. The fourth-order valence-electron chi connectivity index (χ4n) is 6.34. The van der Waals surface area contributed by atoms with Crippen LogP contribution in [-0.2, 0) is 21.3 Å². The summed E-state index contributed by atoms with van der Waals surface area (Å²) in [6, 6.07) is 36.9. The van der Waals surface area contributed by atoms with Crippen molar-refractivity contribution in [3.8, 4) is 11.1 Å². The number of rotatable bonds is 4. The van der Waals surface area contributed by atoms with Gasteiger partial charge in [0.25, 0.3) is 0 Å². The van der Waals surface area contributed by atoms with E-state index in [0.717, 1.165) is 6.42 Å². The molecule has 0 atom stereocenters. The van der Waals surface area contributed by atoms with E-state index in [1.54, 1.807) is 28.8 Å². The van der Waals surface area contributed by atoms with E-state index in [0.29, 0.717) is 3.63 Å². The zero-order valence-corrected chi connectivity index (χ0v) is 27.2. The molecule has 0 heterocycles. The van der Waals surface area contributed by atoms with Gasteiger partial charge in [0.15, 0.2) is 0 Å². The van der Waals surface area contributed by atoms with Crippen molar-refractivity contribution in [1.29, 1.82) is 0 Å². The molecule has 0 bridgehead atoms. The predicted molar refractivity (Wildman–Crippen MR) is 155 cm³/mol. The molecule has 0 saturated carbocycles. The van der Waals surface area contributed by atoms with Gasteiger partial charge in [-0.2, -0.15) is 0 Å². The van der Waals surface area contributed by atoms with E-state index in [4.69, 9.17) is 0 Å². The molecule has 0 nitrogen and oxygen atoms in total. The minimum Gasteiger partial charge on any atom is -1.00 e. The second-order valence-electron chi connectivity index (χ2n) is 10.8. The number of aryl methyl sites for hydroxylation is 2. The molecule has 0 unspecified atom stereocenters. The van der Waals surface area contributed by atoms with Gasteiger partial charge < -0.3 is 24.8 Å². The van der Waals surface area contributed by atoms with Crippen LogP contribution in [-0.4, -0.2) is 3.21 Å². The number of hydrogen-bond donors (Lipinski definition) is 0. The van der Waals surface area contributed by atoms with E-state index in [1.165, 1.54) is 39.0 Å². The van der Waals surface area contributed by atoms with Gasteiger partial charge in [0.2, 0.25) is 0 Å². The molecule has 0 amide bonds. The van der Waals surface area contributed by atoms with Crippen molar-refractivity contribution in [2.75, 3.05) is 0 Å². The molecule has 0 fully saturated rings. The van der Waals surface area contributed by atoms with Crippen LogP contribution < -0.4 is 24.8 Å². The smallest absolute Gasteiger partial charge is 1.00 e. The minimum absolute atomic E-state index is 0. The van der Waals surface area contributed by atoms with Crippen LogP contribution in [0.2, 0.25) is 0 Å². The second kappa shape index (κ2) is 12.1. The molecule has 0 radical (unpaired) electrons. The van der Waals surface area contributed by atoms with Crippen molar-refractivity contribution in [1.82, 2.24) is 0 Å². The Labute approximate surface area is 253 Å². The molecule has 0 aromatic heterocycles. The summed E-state index contributed by atoms with van der Waals surface area (Å²) in [6.45, 7) is 11.6. The molecule has 0 saturated heterocycles. The molecule has 4 aromatic carbocycles. The standard InChI is InChI=1S/C15H13.C13H10.C8H11.2ClH.Zr/c1-10-3-5-14-12(7-10)9-13-8-11(2)4-6-15(13)14;1-3-7-12(8-4-1)11-13-9-5-2-6-10-13;1-6-4-5-7(2)8(6)3;;;/h3-9H,1-2H3;1-10H;4H2,1-3H3;2*1H;/q;;;;;+2/p-2. The largest absolute Gasteiger partial charge is 1.00 e. The molecule has 4 aromatic rings. The van der Waals surface area contributed by atoms with Crippen LogP contribution in [0.5, 0.6) is 0 Å². The number of allylic oxidation sites excluding steroid dienone is 4. The number of fused-ring (bicyclic) bond motifs is 3. The topological polar surface area (TPSA) is 0 Å². The summed E-state index contributed by atoms with van der Waals surface area (Å²) in [4.78, 5) is 0. The first-order valence-electron chi connectivity index (χ1n) is 13.4. The SMILES string of the molecule is CC1=C(C)C(C)=[C]([Zr+2](=[C](c2ccccc2)c2ccccc2)[CH]2c3cc(C)ccc3-c3ccc(C)cc32)C1.[Cl-].[Cl-]. The van der Waals surface area contributed by atoms with Crippen molar-refractivity contribution < 1.29 is 46.1 Å². The molecule has 0 spiro atoms. The zero-order chi connectivity index (χ0) is 25.7. The average Bonchev–Trinajstić information content (AvgIpc) is 3.35. The maximum Gasteiger partial charge on any atom is -1.00 e. The maximum atomic E-state index is 2.50. The van der Waals surface area contributed by atoms with Crippen LogP contribution in [0.15, 0.2) is 117 Å². The van der Waals surface area contributed by atoms with Gasteiger partial charge in [-0.3, -0.25) is 0 Å². The van der Waals surface area contributed by atoms with E-state index < -0.39 is 21.3 Å². The van der Waals surface area contributed by atoms with Gasteiger partial charge in [0.1, 0.15) is 0 Å². The molecule has 3 heteroatoms. The zero-order valence-electron chi connectivity index (χ0n) is 23.3. The summed E-state index contributed by atoms with van der Waals surface area (Å²) in [5, 5.41) is 0. The van der Waals surface area contributed by atoms with E-state index in [1.807, 2.05) is 0 Å². The molecule has 39 heavy (non-hydrogen) atoms. The van der Waals surface area contributed by atoms with Gasteiger partial charge in [0, 0.05) is 0 Å². The van der Waals surface area contributed by atoms with Crippen LogP contribution in [0.25, 0.3) is 11.1 Å². The van der Waals surface area contributed by atoms with E-state index >= 15 is 0 Å². The molecular formula is C36H34Cl2Zr. The molecular weight excluding hydrogens is 595 g/mol. The third-order valence-corrected chi connectivity index (χ3v) is 17.1. The Kier molecular flexibility index (Phi) is 9.17. The summed E-state index contributed by atoms with van der Waals surface area (Å²) >= 11 is -2.65. The Balaban J connectivity index is 0.00000176. The molecule has 6 rings (SSSR count). The van der Waals surface area contributed by atoms with Crippen LogP contribution in [0.3, 0.4) is 0 Å². The van der Waals surface area contributed by atoms with Crippen LogP contribution >= 0.6 is 0 Å². The van der Waals surface area contributed by atoms with Gasteiger partial charge in [-0.15, -0.1) is 0 Å². The first-order valence-corrected chi connectivity index (χ1v) is 17.2. The van der Waals surface area contributed by atoms with Gasteiger partial charge in [-0.1, -0.05) is 0 Å². The quantitative estimate of drug-likeness (QED) is 0.326. The first kappa shape index (κ1) is 29.7. The van der Waals surface area contributed by atoms with Crippen molar-refractivity contribution >= 4 is 3.21 Å². The third-order valence-electron chi connectivity index (χ3n) is 8.43. The molecule has 2 aliphatic carbocycles. The van der Waals surface area contributed by atoms with Crippen molar-refractivity contribution in [2.45, 2.75) is 44.7 Å². The number of halogens is 2. The summed E-state index contributed by atoms with van der Waals surface area (Å²) in [6.07, 6.45) is 1.13. The number of benzene rings is 4. The molecule has 0 aliphatic heterocycles. The van der Waals surface area contributed by atoms with E-state index in [-0.39, 0.29) is 24.8 Å². The van der Waals surface area contributed by atoms with E-state index in [2.05, 4.69) is 132 Å². The van der Waals surface area contributed by atoms with Crippen LogP contribution in [0, 0.1) is 13.8 Å². The first-order chi connectivity index (χ1) is 17.9. The number of hydrogen-bond acceptors (Lipinski definition) is 0. The Hall–Kier alpha value is -2.31. The monoisotopic (exact) mass is 626 g/mol. The van der Waals surface area contributed by atoms with E-state index in [9.17, 15) is 0 Å². The van der Waals surface area contributed by atoms with Crippen molar-refractivity contribution in [3.63, 3.8) is 0 Å². The van der Waals surface area contributed by atoms with Gasteiger partial charge >= 0.3 is 231 Å². The van der Waals surface area contributed by atoms with Crippen LogP contribution in [0.1, 0.15) is 64.2 Å². The van der Waals surface area contributed by atoms with Gasteiger partial charge in [0.05, 0.1) is 0 Å². The fourth-order valence-corrected chi connectivity index (χ4v) is 16.3. The average molecular weight is 629 g/mol. The summed E-state index contributed by atoms with van der Waals surface area (Å²) < 4.78 is 3.87. The summed E-state index contributed by atoms with van der Waals surface area (Å²) in [5.74, 6) is 0. The third kappa shape index (κ3) is 5.27. The molecule has 2 aliphatic rings. The maximum absolute atomic E-state index is 2.65. The van der Waals surface area contributed by atoms with Gasteiger partial charge in [-0.25, -0.2) is 0 Å². The van der Waals surface area contributed by atoms with Gasteiger partial charge in [-0.05, 0) is 0 Å². The van der Waals surface area contributed by atoms with Crippen molar-refractivity contribution in [3.05, 3.63) is 150 Å². The Morgan fingerprint density at radius 2 is 1.05 bits per heavy atom. The fraction of sp³-hybridized carbons (Fsp3) is 0.194. The summed E-state index contributed by atoms with van der Waals surface area (Å²) in [5.41, 5.74) is 16.2. The Morgan fingerprint density at radius 1 is 0.590 bits per heavy atom. The second-order valence-corrected chi connectivity index (χ2v) is 17.0. The van der Waals surface area contributed by atoms with Crippen molar-refractivity contribution in [2.24, 2.45) is 0 Å². The Morgan fingerprint density at radius 3 is 1.46 bits per heavy atom. The predicted octanol–water partition coefficient (Wildman–Crippen LogP) is 3.28. The minimum atomic E-state index is -2.65. The normalized spacial score (nSPS) is 13.7. The molecule has 0 N–H and O–H groups in total. The van der Waals surface area contributed by atoms with Crippen LogP contribution in [0.4, 0.5) is 0 Å². The Bertz CT molecular complexity index is 1530. The summed E-state index contributed by atoms with van der Waals surface area (Å²) in [7, 11) is 0.